The Hall–Kier alpha value is -2.09. The molecule has 24 heavy (non-hydrogen) atoms. The lowest BCUT2D eigenvalue weighted by atomic mass is 10.1. The lowest BCUT2D eigenvalue weighted by molar-refractivity contribution is -0.137. The molecule has 2 amide bonds. The predicted molar refractivity (Wildman–Crippen MR) is 81.4 cm³/mol. The normalized spacial score (nSPS) is 20.7. The van der Waals surface area contributed by atoms with Crippen molar-refractivity contribution >= 4 is 17.5 Å². The smallest absolute Gasteiger partial charge is 0.393 e. The third kappa shape index (κ3) is 4.70. The molecule has 1 saturated carbocycles. The van der Waals surface area contributed by atoms with Crippen LogP contribution in [0.3, 0.4) is 0 Å². The predicted octanol–water partition coefficient (Wildman–Crippen LogP) is 2.55. The lowest BCUT2D eigenvalue weighted by Gasteiger charge is -2.16. The van der Waals surface area contributed by atoms with E-state index in [1.54, 1.807) is 0 Å². The maximum Gasteiger partial charge on any atom is 0.416 e. The van der Waals surface area contributed by atoms with Crippen molar-refractivity contribution in [1.29, 1.82) is 0 Å². The SMILES string of the molecule is CC(=O)Nc1cc(C(=O)NCC2CCCC2O)cc(C(F)(F)F)c1. The van der Waals surface area contributed by atoms with Gasteiger partial charge in [-0.2, -0.15) is 13.2 Å². The van der Waals surface area contributed by atoms with E-state index in [9.17, 15) is 27.9 Å². The van der Waals surface area contributed by atoms with Gasteiger partial charge in [-0.3, -0.25) is 9.59 Å². The molecule has 0 aliphatic heterocycles. The first kappa shape index (κ1) is 18.3. The molecule has 1 aliphatic carbocycles. The van der Waals surface area contributed by atoms with Crippen LogP contribution in [0, 0.1) is 5.92 Å². The van der Waals surface area contributed by atoms with Crippen LogP contribution in [0.2, 0.25) is 0 Å². The van der Waals surface area contributed by atoms with Crippen LogP contribution in [-0.2, 0) is 11.0 Å². The molecular formula is C16H19F3N2O3. The minimum absolute atomic E-state index is 0.0884. The monoisotopic (exact) mass is 344 g/mol. The van der Waals surface area contributed by atoms with Gasteiger partial charge in [0, 0.05) is 30.6 Å². The van der Waals surface area contributed by atoms with Crippen molar-refractivity contribution in [2.75, 3.05) is 11.9 Å². The van der Waals surface area contributed by atoms with Gasteiger partial charge < -0.3 is 15.7 Å². The van der Waals surface area contributed by atoms with Crippen LogP contribution < -0.4 is 10.6 Å². The lowest BCUT2D eigenvalue weighted by Crippen LogP contribution is -2.32. The van der Waals surface area contributed by atoms with E-state index in [1.807, 2.05) is 0 Å². The van der Waals surface area contributed by atoms with Gasteiger partial charge in [-0.15, -0.1) is 0 Å². The zero-order valence-electron chi connectivity index (χ0n) is 13.1. The fourth-order valence-corrected chi connectivity index (χ4v) is 2.78. The number of hydrogen-bond donors (Lipinski definition) is 3. The average Bonchev–Trinajstić information content (AvgIpc) is 2.88. The highest BCUT2D eigenvalue weighted by molar-refractivity contribution is 5.97. The Morgan fingerprint density at radius 1 is 1.25 bits per heavy atom. The summed E-state index contributed by atoms with van der Waals surface area (Å²) >= 11 is 0. The van der Waals surface area contributed by atoms with E-state index in [4.69, 9.17) is 0 Å². The number of hydrogen-bond acceptors (Lipinski definition) is 3. The Bertz CT molecular complexity index is 631. The van der Waals surface area contributed by atoms with E-state index in [0.29, 0.717) is 6.42 Å². The maximum absolute atomic E-state index is 13.0. The van der Waals surface area contributed by atoms with Crippen molar-refractivity contribution in [3.8, 4) is 0 Å². The molecule has 0 spiro atoms. The molecule has 0 aromatic heterocycles. The molecule has 1 aromatic carbocycles. The first-order valence-electron chi connectivity index (χ1n) is 7.63. The molecule has 0 bridgehead atoms. The number of carbonyl (C=O) groups is 2. The number of benzene rings is 1. The van der Waals surface area contributed by atoms with Crippen molar-refractivity contribution in [3.05, 3.63) is 29.3 Å². The van der Waals surface area contributed by atoms with Crippen molar-refractivity contribution in [3.63, 3.8) is 0 Å². The second-order valence-corrected chi connectivity index (χ2v) is 5.95. The molecule has 5 nitrogen and oxygen atoms in total. The van der Waals surface area contributed by atoms with E-state index >= 15 is 0 Å². The highest BCUT2D eigenvalue weighted by Gasteiger charge is 2.32. The number of carbonyl (C=O) groups excluding carboxylic acids is 2. The number of amides is 2. The van der Waals surface area contributed by atoms with E-state index in [0.717, 1.165) is 25.0 Å². The molecule has 8 heteroatoms. The van der Waals surface area contributed by atoms with Crippen molar-refractivity contribution in [2.45, 2.75) is 38.5 Å². The second kappa shape index (κ2) is 7.21. The largest absolute Gasteiger partial charge is 0.416 e. The second-order valence-electron chi connectivity index (χ2n) is 5.95. The first-order valence-corrected chi connectivity index (χ1v) is 7.63. The maximum atomic E-state index is 13.0. The molecule has 2 atom stereocenters. The summed E-state index contributed by atoms with van der Waals surface area (Å²) in [6.07, 6.45) is -2.84. The summed E-state index contributed by atoms with van der Waals surface area (Å²) in [4.78, 5) is 23.2. The zero-order chi connectivity index (χ0) is 17.9. The fraction of sp³-hybridized carbons (Fsp3) is 0.500. The summed E-state index contributed by atoms with van der Waals surface area (Å²) in [5.41, 5.74) is -1.30. The van der Waals surface area contributed by atoms with Crippen LogP contribution in [0.4, 0.5) is 18.9 Å². The summed E-state index contributed by atoms with van der Waals surface area (Å²) in [5.74, 6) is -1.30. The van der Waals surface area contributed by atoms with Crippen LogP contribution in [0.15, 0.2) is 18.2 Å². The summed E-state index contributed by atoms with van der Waals surface area (Å²) in [5, 5.41) is 14.5. The molecule has 0 saturated heterocycles. The molecule has 0 heterocycles. The fourth-order valence-electron chi connectivity index (χ4n) is 2.78. The highest BCUT2D eigenvalue weighted by Crippen LogP contribution is 2.32. The minimum Gasteiger partial charge on any atom is -0.393 e. The number of alkyl halides is 3. The number of nitrogens with one attached hydrogen (secondary N) is 2. The number of rotatable bonds is 4. The third-order valence-electron chi connectivity index (χ3n) is 3.99. The number of aliphatic hydroxyl groups excluding tert-OH is 1. The van der Waals surface area contributed by atoms with Crippen LogP contribution in [-0.4, -0.2) is 29.6 Å². The Labute approximate surface area is 137 Å². The summed E-state index contributed by atoms with van der Waals surface area (Å²) < 4.78 is 38.9. The molecule has 1 aliphatic rings. The van der Waals surface area contributed by atoms with Gasteiger partial charge in [-0.1, -0.05) is 6.42 Å². The van der Waals surface area contributed by atoms with Gasteiger partial charge >= 0.3 is 6.18 Å². The van der Waals surface area contributed by atoms with Gasteiger partial charge in [-0.25, -0.2) is 0 Å². The van der Waals surface area contributed by atoms with Crippen LogP contribution in [0.5, 0.6) is 0 Å². The number of aliphatic hydroxyl groups is 1. The van der Waals surface area contributed by atoms with Crippen molar-refractivity contribution in [2.24, 2.45) is 5.92 Å². The van der Waals surface area contributed by atoms with Crippen molar-refractivity contribution in [1.82, 2.24) is 5.32 Å². The van der Waals surface area contributed by atoms with Crippen LogP contribution >= 0.6 is 0 Å². The number of halogens is 3. The highest BCUT2D eigenvalue weighted by atomic mass is 19.4. The van der Waals surface area contributed by atoms with Crippen molar-refractivity contribution < 1.29 is 27.9 Å². The van der Waals surface area contributed by atoms with Crippen LogP contribution in [0.1, 0.15) is 42.1 Å². The third-order valence-corrected chi connectivity index (χ3v) is 3.99. The van der Waals surface area contributed by atoms with Crippen LogP contribution in [0.25, 0.3) is 0 Å². The van der Waals surface area contributed by atoms with Gasteiger partial charge in [0.15, 0.2) is 0 Å². The van der Waals surface area contributed by atoms with E-state index in [2.05, 4.69) is 10.6 Å². The molecule has 132 valence electrons. The molecular weight excluding hydrogens is 325 g/mol. The van der Waals surface area contributed by atoms with Gasteiger partial charge in [0.1, 0.15) is 0 Å². The van der Waals surface area contributed by atoms with Gasteiger partial charge in [0.05, 0.1) is 11.7 Å². The molecule has 1 fully saturated rings. The van der Waals surface area contributed by atoms with E-state index in [-0.39, 0.29) is 23.7 Å². The summed E-state index contributed by atoms with van der Waals surface area (Å²) in [7, 11) is 0. The minimum atomic E-state index is -4.63. The van der Waals surface area contributed by atoms with E-state index < -0.39 is 29.7 Å². The van der Waals surface area contributed by atoms with E-state index in [1.165, 1.54) is 13.0 Å². The van der Waals surface area contributed by atoms with Gasteiger partial charge in [0.2, 0.25) is 5.91 Å². The molecule has 0 radical (unpaired) electrons. The topological polar surface area (TPSA) is 78.4 Å². The quantitative estimate of drug-likeness (QED) is 0.785. The van der Waals surface area contributed by atoms with Gasteiger partial charge in [-0.05, 0) is 31.0 Å². The summed E-state index contributed by atoms with van der Waals surface area (Å²) in [6.45, 7) is 1.37. The van der Waals surface area contributed by atoms with Gasteiger partial charge in [0.25, 0.3) is 5.91 Å². The standard InChI is InChI=1S/C16H19F3N2O3/c1-9(22)21-13-6-11(5-12(7-13)16(17,18)19)15(24)20-8-10-3-2-4-14(10)23/h5-7,10,14,23H,2-4,8H2,1H3,(H,20,24)(H,21,22). The zero-order valence-corrected chi connectivity index (χ0v) is 13.1. The Morgan fingerprint density at radius 2 is 1.96 bits per heavy atom. The summed E-state index contributed by atoms with van der Waals surface area (Å²) in [6, 6.07) is 2.71. The first-order chi connectivity index (χ1) is 11.2. The molecule has 3 N–H and O–H groups in total. The molecule has 2 rings (SSSR count). The Balaban J connectivity index is 2.17. The Kier molecular flexibility index (Phi) is 5.48. The molecule has 2 unspecified atom stereocenters. The Morgan fingerprint density at radius 3 is 2.50 bits per heavy atom. The average molecular weight is 344 g/mol. The molecule has 1 aromatic rings. The number of anilines is 1.